The molecule has 112 valence electrons. The van der Waals surface area contributed by atoms with Gasteiger partial charge in [0.05, 0.1) is 5.75 Å². The van der Waals surface area contributed by atoms with E-state index < -0.39 is 10.0 Å². The van der Waals surface area contributed by atoms with Gasteiger partial charge in [0.25, 0.3) is 0 Å². The van der Waals surface area contributed by atoms with Crippen LogP contribution in [0.25, 0.3) is 0 Å². The van der Waals surface area contributed by atoms with Crippen LogP contribution in [0.4, 0.5) is 0 Å². The average Bonchev–Trinajstić information content (AvgIpc) is 2.38. The Morgan fingerprint density at radius 2 is 1.58 bits per heavy atom. The Bertz CT molecular complexity index is 364. The SMILES string of the molecule is NC1CCCCC1CNS(=O)(=O)CC1CCCCC1. The molecule has 2 aliphatic rings. The Balaban J connectivity index is 1.76. The van der Waals surface area contributed by atoms with Gasteiger partial charge in [-0.1, -0.05) is 32.1 Å². The van der Waals surface area contributed by atoms with Crippen molar-refractivity contribution in [3.8, 4) is 0 Å². The lowest BCUT2D eigenvalue weighted by atomic mass is 9.85. The van der Waals surface area contributed by atoms with Crippen molar-refractivity contribution >= 4 is 10.0 Å². The third-order valence-electron chi connectivity index (χ3n) is 4.71. The van der Waals surface area contributed by atoms with Crippen LogP contribution in [0.1, 0.15) is 57.8 Å². The Hall–Kier alpha value is -0.130. The highest BCUT2D eigenvalue weighted by molar-refractivity contribution is 7.89. The van der Waals surface area contributed by atoms with Crippen molar-refractivity contribution in [1.29, 1.82) is 0 Å². The lowest BCUT2D eigenvalue weighted by Crippen LogP contribution is -2.42. The first kappa shape index (κ1) is 15.3. The highest BCUT2D eigenvalue weighted by Gasteiger charge is 2.25. The van der Waals surface area contributed by atoms with Gasteiger partial charge < -0.3 is 5.73 Å². The van der Waals surface area contributed by atoms with Gasteiger partial charge in [0.2, 0.25) is 10.0 Å². The maximum absolute atomic E-state index is 12.1. The standard InChI is InChI=1S/C14H28N2O2S/c15-14-9-5-4-8-13(14)10-16-19(17,18)11-12-6-2-1-3-7-12/h12-14,16H,1-11,15H2. The molecular formula is C14H28N2O2S. The van der Waals surface area contributed by atoms with E-state index >= 15 is 0 Å². The third-order valence-corrected chi connectivity index (χ3v) is 6.23. The van der Waals surface area contributed by atoms with Crippen LogP contribution in [0, 0.1) is 11.8 Å². The molecule has 0 aliphatic heterocycles. The molecule has 0 aromatic heterocycles. The summed E-state index contributed by atoms with van der Waals surface area (Å²) < 4.78 is 27.0. The van der Waals surface area contributed by atoms with Gasteiger partial charge in [-0.3, -0.25) is 0 Å². The summed E-state index contributed by atoms with van der Waals surface area (Å²) >= 11 is 0. The van der Waals surface area contributed by atoms with Gasteiger partial charge in [-0.2, -0.15) is 0 Å². The van der Waals surface area contributed by atoms with Crippen LogP contribution in [0.3, 0.4) is 0 Å². The van der Waals surface area contributed by atoms with Crippen molar-refractivity contribution in [1.82, 2.24) is 4.72 Å². The van der Waals surface area contributed by atoms with Gasteiger partial charge in [0.1, 0.15) is 0 Å². The Morgan fingerprint density at radius 3 is 2.26 bits per heavy atom. The molecule has 0 saturated heterocycles. The minimum atomic E-state index is -3.11. The first-order valence-corrected chi connectivity index (χ1v) is 9.45. The van der Waals surface area contributed by atoms with E-state index in [1.807, 2.05) is 0 Å². The van der Waals surface area contributed by atoms with Crippen LogP contribution >= 0.6 is 0 Å². The van der Waals surface area contributed by atoms with Crippen LogP contribution in [-0.4, -0.2) is 26.8 Å². The zero-order valence-electron chi connectivity index (χ0n) is 11.8. The van der Waals surface area contributed by atoms with Crippen LogP contribution < -0.4 is 10.5 Å². The van der Waals surface area contributed by atoms with Crippen molar-refractivity contribution in [3.05, 3.63) is 0 Å². The summed E-state index contributed by atoms with van der Waals surface area (Å²) in [6.45, 7) is 0.538. The Labute approximate surface area is 117 Å². The van der Waals surface area contributed by atoms with E-state index in [2.05, 4.69) is 4.72 Å². The van der Waals surface area contributed by atoms with E-state index in [0.29, 0.717) is 24.1 Å². The minimum absolute atomic E-state index is 0.172. The van der Waals surface area contributed by atoms with Crippen molar-refractivity contribution in [2.75, 3.05) is 12.3 Å². The van der Waals surface area contributed by atoms with Gasteiger partial charge in [0.15, 0.2) is 0 Å². The lowest BCUT2D eigenvalue weighted by Gasteiger charge is -2.29. The summed E-state index contributed by atoms with van der Waals surface area (Å²) in [7, 11) is -3.11. The molecule has 0 aromatic carbocycles. The third kappa shape index (κ3) is 5.04. The lowest BCUT2D eigenvalue weighted by molar-refractivity contribution is 0.307. The van der Waals surface area contributed by atoms with Gasteiger partial charge in [-0.05, 0) is 37.5 Å². The number of rotatable bonds is 5. The van der Waals surface area contributed by atoms with Crippen LogP contribution in [0.2, 0.25) is 0 Å². The summed E-state index contributed by atoms with van der Waals surface area (Å²) in [5.74, 6) is 1.01. The molecule has 4 nitrogen and oxygen atoms in total. The molecule has 2 aliphatic carbocycles. The highest BCUT2D eigenvalue weighted by atomic mass is 32.2. The number of nitrogens with two attached hydrogens (primary N) is 1. The van der Waals surface area contributed by atoms with Crippen molar-refractivity contribution in [3.63, 3.8) is 0 Å². The highest BCUT2D eigenvalue weighted by Crippen LogP contribution is 2.25. The smallest absolute Gasteiger partial charge is 0.211 e. The minimum Gasteiger partial charge on any atom is -0.327 e. The molecule has 0 bridgehead atoms. The Kier molecular flexibility index (Phi) is 5.66. The maximum Gasteiger partial charge on any atom is 0.211 e. The number of nitrogens with one attached hydrogen (secondary N) is 1. The van der Waals surface area contributed by atoms with Gasteiger partial charge in [0, 0.05) is 12.6 Å². The fraction of sp³-hybridized carbons (Fsp3) is 1.00. The molecule has 2 unspecified atom stereocenters. The fourth-order valence-electron chi connectivity index (χ4n) is 3.45. The van der Waals surface area contributed by atoms with Crippen LogP contribution in [0.15, 0.2) is 0 Å². The monoisotopic (exact) mass is 288 g/mol. The summed E-state index contributed by atoms with van der Waals surface area (Å²) in [6.07, 6.45) is 10.3. The zero-order chi connectivity index (χ0) is 13.7. The summed E-state index contributed by atoms with van der Waals surface area (Å²) in [6, 6.07) is 0.172. The van der Waals surface area contributed by atoms with E-state index in [0.717, 1.165) is 25.7 Å². The van der Waals surface area contributed by atoms with E-state index in [9.17, 15) is 8.42 Å². The van der Waals surface area contributed by atoms with Crippen molar-refractivity contribution in [2.45, 2.75) is 63.8 Å². The average molecular weight is 288 g/mol. The van der Waals surface area contributed by atoms with Gasteiger partial charge in [-0.25, -0.2) is 13.1 Å². The predicted molar refractivity (Wildman–Crippen MR) is 78.3 cm³/mol. The second-order valence-electron chi connectivity index (χ2n) is 6.34. The molecule has 0 spiro atoms. The molecule has 5 heteroatoms. The molecule has 0 radical (unpaired) electrons. The van der Waals surface area contributed by atoms with Crippen molar-refractivity contribution < 1.29 is 8.42 Å². The number of sulfonamides is 1. The van der Waals surface area contributed by atoms with Crippen LogP contribution in [0.5, 0.6) is 0 Å². The van der Waals surface area contributed by atoms with Gasteiger partial charge >= 0.3 is 0 Å². The second kappa shape index (κ2) is 7.04. The molecule has 2 rings (SSSR count). The van der Waals surface area contributed by atoms with Crippen LogP contribution in [-0.2, 0) is 10.0 Å². The van der Waals surface area contributed by atoms with E-state index in [4.69, 9.17) is 5.73 Å². The summed E-state index contributed by atoms with van der Waals surface area (Å²) in [4.78, 5) is 0. The molecule has 0 aromatic rings. The van der Waals surface area contributed by atoms with Crippen molar-refractivity contribution in [2.24, 2.45) is 17.6 Å². The van der Waals surface area contributed by atoms with E-state index in [1.54, 1.807) is 0 Å². The fourth-order valence-corrected chi connectivity index (χ4v) is 4.99. The normalized spacial score (nSPS) is 30.4. The summed E-state index contributed by atoms with van der Waals surface area (Å²) in [5, 5.41) is 0. The zero-order valence-corrected chi connectivity index (χ0v) is 12.6. The summed E-state index contributed by atoms with van der Waals surface area (Å²) in [5.41, 5.74) is 6.06. The molecule has 2 atom stereocenters. The molecule has 2 saturated carbocycles. The molecule has 0 heterocycles. The first-order valence-electron chi connectivity index (χ1n) is 7.80. The quantitative estimate of drug-likeness (QED) is 0.813. The molecule has 0 amide bonds. The molecular weight excluding hydrogens is 260 g/mol. The second-order valence-corrected chi connectivity index (χ2v) is 8.19. The predicted octanol–water partition coefficient (Wildman–Crippen LogP) is 2.00. The largest absolute Gasteiger partial charge is 0.327 e. The van der Waals surface area contributed by atoms with E-state index in [1.165, 1.54) is 32.1 Å². The number of hydrogen-bond donors (Lipinski definition) is 2. The molecule has 3 N–H and O–H groups in total. The first-order chi connectivity index (χ1) is 9.07. The maximum atomic E-state index is 12.1. The molecule has 19 heavy (non-hydrogen) atoms. The number of hydrogen-bond acceptors (Lipinski definition) is 3. The molecule has 2 fully saturated rings. The van der Waals surface area contributed by atoms with Gasteiger partial charge in [-0.15, -0.1) is 0 Å². The van der Waals surface area contributed by atoms with E-state index in [-0.39, 0.29) is 6.04 Å². The topological polar surface area (TPSA) is 72.2 Å². The Morgan fingerprint density at radius 1 is 0.947 bits per heavy atom.